The second-order valence-electron chi connectivity index (χ2n) is 5.79. The fourth-order valence-corrected chi connectivity index (χ4v) is 3.44. The Hall–Kier alpha value is -1.49. The zero-order valence-electron chi connectivity index (χ0n) is 13.1. The summed E-state index contributed by atoms with van der Waals surface area (Å²) in [5, 5.41) is 1.28. The van der Waals surface area contributed by atoms with Crippen LogP contribution < -0.4 is 0 Å². The number of ether oxygens (including phenoxy) is 1. The largest absolute Gasteiger partial charge is 0.449 e. The van der Waals surface area contributed by atoms with Gasteiger partial charge in [-0.3, -0.25) is 0 Å². The van der Waals surface area contributed by atoms with Crippen molar-refractivity contribution in [3.8, 4) is 0 Å². The van der Waals surface area contributed by atoms with Gasteiger partial charge in [0.05, 0.1) is 13.2 Å². The third kappa shape index (κ3) is 2.74. The molecule has 1 aromatic heterocycles. The summed E-state index contributed by atoms with van der Waals surface area (Å²) in [4.78, 5) is 14.0. The molecule has 0 spiro atoms. The van der Waals surface area contributed by atoms with E-state index in [1.807, 2.05) is 4.90 Å². The molecule has 0 saturated carbocycles. The van der Waals surface area contributed by atoms with Crippen LogP contribution in [0.5, 0.6) is 0 Å². The van der Waals surface area contributed by atoms with Crippen LogP contribution in [-0.2, 0) is 24.8 Å². The van der Waals surface area contributed by atoms with Gasteiger partial charge in [0, 0.05) is 34.7 Å². The fourth-order valence-electron chi connectivity index (χ4n) is 3.08. The van der Waals surface area contributed by atoms with Gasteiger partial charge in [-0.15, -0.1) is 0 Å². The van der Waals surface area contributed by atoms with Crippen LogP contribution >= 0.6 is 15.9 Å². The van der Waals surface area contributed by atoms with Crippen molar-refractivity contribution in [2.24, 2.45) is 7.05 Å². The maximum atomic E-state index is 12.2. The second-order valence-corrected chi connectivity index (χ2v) is 6.70. The first kappa shape index (κ1) is 15.4. The molecule has 5 heteroatoms. The second kappa shape index (κ2) is 6.32. The van der Waals surface area contributed by atoms with Crippen LogP contribution in [0.1, 0.15) is 31.0 Å². The number of carbonyl (C=O) groups excluding carboxylic acids is 1. The van der Waals surface area contributed by atoms with Gasteiger partial charge in [0.1, 0.15) is 0 Å². The number of unbranched alkanes of at least 4 members (excludes halogenated alkanes) is 1. The lowest BCUT2D eigenvalue weighted by Crippen LogP contribution is -2.37. The number of carbonyl (C=O) groups is 1. The van der Waals surface area contributed by atoms with Gasteiger partial charge in [0.15, 0.2) is 0 Å². The number of aryl methyl sites for hydroxylation is 1. The Morgan fingerprint density at radius 2 is 2.23 bits per heavy atom. The summed E-state index contributed by atoms with van der Waals surface area (Å²) in [5.74, 6) is 0. The Bertz CT molecular complexity index is 708. The lowest BCUT2D eigenvalue weighted by Gasteiger charge is -2.27. The lowest BCUT2D eigenvalue weighted by molar-refractivity contribution is 0.0958. The maximum absolute atomic E-state index is 12.2. The number of amides is 1. The summed E-state index contributed by atoms with van der Waals surface area (Å²) < 4.78 is 8.63. The molecule has 0 saturated heterocycles. The Morgan fingerprint density at radius 1 is 1.41 bits per heavy atom. The van der Waals surface area contributed by atoms with Gasteiger partial charge in [-0.05, 0) is 36.6 Å². The number of halogens is 1. The normalized spacial score (nSPS) is 14.2. The van der Waals surface area contributed by atoms with E-state index >= 15 is 0 Å². The van der Waals surface area contributed by atoms with Gasteiger partial charge in [0.25, 0.3) is 0 Å². The van der Waals surface area contributed by atoms with Crippen LogP contribution in [-0.4, -0.2) is 28.7 Å². The van der Waals surface area contributed by atoms with Crippen LogP contribution in [0.3, 0.4) is 0 Å². The first-order valence-corrected chi connectivity index (χ1v) is 8.58. The van der Waals surface area contributed by atoms with E-state index in [1.54, 1.807) is 0 Å². The molecular weight excluding hydrogens is 344 g/mol. The summed E-state index contributed by atoms with van der Waals surface area (Å²) in [6.07, 6.45) is 2.65. The van der Waals surface area contributed by atoms with Crippen molar-refractivity contribution < 1.29 is 9.53 Å². The van der Waals surface area contributed by atoms with E-state index in [0.29, 0.717) is 13.2 Å². The molecule has 0 bridgehead atoms. The van der Waals surface area contributed by atoms with E-state index in [0.717, 1.165) is 30.3 Å². The summed E-state index contributed by atoms with van der Waals surface area (Å²) in [6.45, 7) is 3.96. The van der Waals surface area contributed by atoms with E-state index in [2.05, 4.69) is 52.7 Å². The van der Waals surface area contributed by atoms with Crippen molar-refractivity contribution in [3.63, 3.8) is 0 Å². The molecule has 0 atom stereocenters. The summed E-state index contributed by atoms with van der Waals surface area (Å²) in [6, 6.07) is 6.36. The molecule has 2 aromatic rings. The minimum Gasteiger partial charge on any atom is -0.449 e. The van der Waals surface area contributed by atoms with Gasteiger partial charge in [-0.1, -0.05) is 29.3 Å². The van der Waals surface area contributed by atoms with Crippen LogP contribution in [0.25, 0.3) is 10.9 Å². The van der Waals surface area contributed by atoms with Crippen LogP contribution in [0.4, 0.5) is 4.79 Å². The average molecular weight is 365 g/mol. The number of benzene rings is 1. The minimum absolute atomic E-state index is 0.189. The third-order valence-corrected chi connectivity index (χ3v) is 4.85. The average Bonchev–Trinajstić information content (AvgIpc) is 2.79. The molecule has 4 nitrogen and oxygen atoms in total. The molecule has 1 aliphatic rings. The van der Waals surface area contributed by atoms with Crippen molar-refractivity contribution in [1.82, 2.24) is 9.47 Å². The highest BCUT2D eigenvalue weighted by Gasteiger charge is 2.26. The molecule has 2 heterocycles. The first-order valence-electron chi connectivity index (χ1n) is 7.79. The maximum Gasteiger partial charge on any atom is 0.410 e. The van der Waals surface area contributed by atoms with E-state index in [4.69, 9.17) is 4.74 Å². The van der Waals surface area contributed by atoms with Crippen molar-refractivity contribution in [1.29, 1.82) is 0 Å². The Morgan fingerprint density at radius 3 is 3.00 bits per heavy atom. The van der Waals surface area contributed by atoms with Gasteiger partial charge >= 0.3 is 6.09 Å². The Labute approximate surface area is 139 Å². The molecule has 22 heavy (non-hydrogen) atoms. The van der Waals surface area contributed by atoms with Crippen LogP contribution in [0, 0.1) is 0 Å². The van der Waals surface area contributed by atoms with Crippen LogP contribution in [0.15, 0.2) is 22.7 Å². The first-order chi connectivity index (χ1) is 10.6. The van der Waals surface area contributed by atoms with Gasteiger partial charge in [-0.25, -0.2) is 4.79 Å². The number of nitrogens with zero attached hydrogens (tertiary/aromatic N) is 2. The van der Waals surface area contributed by atoms with E-state index in [1.165, 1.54) is 22.2 Å². The smallest absolute Gasteiger partial charge is 0.410 e. The van der Waals surface area contributed by atoms with Gasteiger partial charge < -0.3 is 14.2 Å². The molecule has 0 unspecified atom stereocenters. The summed E-state index contributed by atoms with van der Waals surface area (Å²) in [5.41, 5.74) is 3.79. The molecule has 0 aliphatic carbocycles. The van der Waals surface area contributed by atoms with E-state index in [9.17, 15) is 4.79 Å². The van der Waals surface area contributed by atoms with Crippen molar-refractivity contribution in [3.05, 3.63) is 33.9 Å². The third-order valence-electron chi connectivity index (χ3n) is 4.35. The highest BCUT2D eigenvalue weighted by molar-refractivity contribution is 9.10. The number of fused-ring (bicyclic) bond motifs is 3. The van der Waals surface area contributed by atoms with Crippen LogP contribution in [0.2, 0.25) is 0 Å². The monoisotopic (exact) mass is 364 g/mol. The standard InChI is InChI=1S/C17H21BrN2O2/c1-3-4-9-22-17(21)20-8-7-13-14-10-12(18)5-6-15(14)19(2)16(13)11-20/h5-6,10H,3-4,7-9,11H2,1-2H3. The molecule has 0 fully saturated rings. The number of aromatic nitrogens is 1. The number of hydrogen-bond donors (Lipinski definition) is 0. The summed E-state index contributed by atoms with van der Waals surface area (Å²) >= 11 is 3.55. The van der Waals surface area contributed by atoms with E-state index < -0.39 is 0 Å². The molecule has 1 amide bonds. The Balaban J connectivity index is 1.84. The fraction of sp³-hybridized carbons (Fsp3) is 0.471. The van der Waals surface area contributed by atoms with Gasteiger partial charge in [-0.2, -0.15) is 0 Å². The predicted molar refractivity (Wildman–Crippen MR) is 91.0 cm³/mol. The zero-order valence-corrected chi connectivity index (χ0v) is 14.6. The quantitative estimate of drug-likeness (QED) is 0.763. The van der Waals surface area contributed by atoms with Crippen molar-refractivity contribution in [2.75, 3.05) is 13.2 Å². The molecule has 3 rings (SSSR count). The minimum atomic E-state index is -0.189. The van der Waals surface area contributed by atoms with Crippen molar-refractivity contribution >= 4 is 32.9 Å². The number of rotatable bonds is 3. The molecule has 1 aliphatic heterocycles. The highest BCUT2D eigenvalue weighted by Crippen LogP contribution is 2.32. The SMILES string of the molecule is CCCCOC(=O)N1CCc2c(n(C)c3ccc(Br)cc23)C1. The summed E-state index contributed by atoms with van der Waals surface area (Å²) in [7, 11) is 2.07. The van der Waals surface area contributed by atoms with E-state index in [-0.39, 0.29) is 6.09 Å². The molecule has 118 valence electrons. The molecule has 0 radical (unpaired) electrons. The van der Waals surface area contributed by atoms with Crippen molar-refractivity contribution in [2.45, 2.75) is 32.7 Å². The lowest BCUT2D eigenvalue weighted by atomic mass is 10.0. The number of hydrogen-bond acceptors (Lipinski definition) is 2. The highest BCUT2D eigenvalue weighted by atomic mass is 79.9. The zero-order chi connectivity index (χ0) is 15.7. The molecule has 1 aromatic carbocycles. The Kier molecular flexibility index (Phi) is 4.43. The predicted octanol–water partition coefficient (Wildman–Crippen LogP) is 4.24. The topological polar surface area (TPSA) is 34.5 Å². The molecular formula is C17H21BrN2O2. The molecule has 0 N–H and O–H groups in total. The van der Waals surface area contributed by atoms with Gasteiger partial charge in [0.2, 0.25) is 0 Å².